The molecule has 0 saturated carbocycles. The summed E-state index contributed by atoms with van der Waals surface area (Å²) in [5.74, 6) is 0.0898. The van der Waals surface area contributed by atoms with Crippen LogP contribution in [0.15, 0.2) is 0 Å². The summed E-state index contributed by atoms with van der Waals surface area (Å²) in [6.07, 6.45) is 1.21. The molecule has 0 radical (unpaired) electrons. The van der Waals surface area contributed by atoms with E-state index in [2.05, 4.69) is 15.4 Å². The van der Waals surface area contributed by atoms with Crippen molar-refractivity contribution in [2.45, 2.75) is 45.3 Å². The second kappa shape index (κ2) is 6.75. The summed E-state index contributed by atoms with van der Waals surface area (Å²) in [6.45, 7) is 6.73. The van der Waals surface area contributed by atoms with Crippen LogP contribution < -0.4 is 10.6 Å². The maximum absolute atomic E-state index is 11.5. The van der Waals surface area contributed by atoms with Crippen molar-refractivity contribution in [3.05, 3.63) is 0 Å². The average Bonchev–Trinajstić information content (AvgIpc) is 2.34. The molecular formula is C13H24N2O4. The summed E-state index contributed by atoms with van der Waals surface area (Å²) < 4.78 is 9.85. The molecule has 1 rings (SSSR count). The number of hydrogen-bond donors (Lipinski definition) is 2. The summed E-state index contributed by atoms with van der Waals surface area (Å²) in [7, 11) is 1.39. The molecule has 2 N–H and O–H groups in total. The minimum absolute atomic E-state index is 0.220. The zero-order valence-electron chi connectivity index (χ0n) is 12.1. The third-order valence-electron chi connectivity index (χ3n) is 2.94. The fourth-order valence-corrected chi connectivity index (χ4v) is 1.97. The van der Waals surface area contributed by atoms with E-state index in [0.29, 0.717) is 19.0 Å². The maximum atomic E-state index is 11.5. The van der Waals surface area contributed by atoms with Crippen LogP contribution in [0.25, 0.3) is 0 Å². The van der Waals surface area contributed by atoms with E-state index < -0.39 is 11.7 Å². The first-order valence-corrected chi connectivity index (χ1v) is 6.60. The molecule has 0 unspecified atom stereocenters. The standard InChI is InChI=1S/C13H24N2O4/c1-13(2,3)19-12(17)15-8-9-5-6-10(14-7-9)11(16)18-4/h9-10,14H,5-8H2,1-4H3,(H,15,17)/t9-,10+/m0/s1. The van der Waals surface area contributed by atoms with Crippen molar-refractivity contribution < 1.29 is 19.1 Å². The van der Waals surface area contributed by atoms with E-state index in [1.165, 1.54) is 7.11 Å². The van der Waals surface area contributed by atoms with Gasteiger partial charge in [0.15, 0.2) is 0 Å². The Labute approximate surface area is 114 Å². The lowest BCUT2D eigenvalue weighted by molar-refractivity contribution is -0.143. The van der Waals surface area contributed by atoms with Crippen molar-refractivity contribution in [1.82, 2.24) is 10.6 Å². The van der Waals surface area contributed by atoms with Crippen LogP contribution in [0.4, 0.5) is 4.79 Å². The number of piperidine rings is 1. The highest BCUT2D eigenvalue weighted by molar-refractivity contribution is 5.75. The van der Waals surface area contributed by atoms with Gasteiger partial charge in [-0.15, -0.1) is 0 Å². The molecule has 6 heteroatoms. The van der Waals surface area contributed by atoms with Gasteiger partial charge in [-0.25, -0.2) is 4.79 Å². The summed E-state index contributed by atoms with van der Waals surface area (Å²) in [4.78, 5) is 22.8. The smallest absolute Gasteiger partial charge is 0.407 e. The van der Waals surface area contributed by atoms with Crippen LogP contribution in [0, 0.1) is 5.92 Å². The van der Waals surface area contributed by atoms with Crippen LogP contribution in [0.2, 0.25) is 0 Å². The SMILES string of the molecule is COC(=O)[C@H]1CC[C@H](CNC(=O)OC(C)(C)C)CN1. The number of methoxy groups -OCH3 is 1. The third-order valence-corrected chi connectivity index (χ3v) is 2.94. The molecule has 1 saturated heterocycles. The van der Waals surface area contributed by atoms with Gasteiger partial charge >= 0.3 is 12.1 Å². The zero-order chi connectivity index (χ0) is 14.5. The molecule has 1 fully saturated rings. The quantitative estimate of drug-likeness (QED) is 0.751. The Morgan fingerprint density at radius 3 is 2.47 bits per heavy atom. The van der Waals surface area contributed by atoms with Crippen LogP contribution in [0.5, 0.6) is 0 Å². The van der Waals surface area contributed by atoms with Gasteiger partial charge in [0.1, 0.15) is 11.6 Å². The van der Waals surface area contributed by atoms with E-state index >= 15 is 0 Å². The van der Waals surface area contributed by atoms with Gasteiger partial charge in [-0.05, 0) is 39.5 Å². The van der Waals surface area contributed by atoms with E-state index in [4.69, 9.17) is 4.74 Å². The average molecular weight is 272 g/mol. The highest BCUT2D eigenvalue weighted by atomic mass is 16.6. The van der Waals surface area contributed by atoms with Gasteiger partial charge in [0, 0.05) is 13.1 Å². The Kier molecular flexibility index (Phi) is 5.60. The Bertz CT molecular complexity index is 317. The van der Waals surface area contributed by atoms with Gasteiger partial charge in [-0.3, -0.25) is 4.79 Å². The molecule has 0 aliphatic carbocycles. The number of alkyl carbamates (subject to hydrolysis) is 1. The van der Waals surface area contributed by atoms with Gasteiger partial charge in [0.05, 0.1) is 7.11 Å². The Morgan fingerprint density at radius 1 is 1.32 bits per heavy atom. The minimum atomic E-state index is -0.481. The fraction of sp³-hybridized carbons (Fsp3) is 0.846. The van der Waals surface area contributed by atoms with Crippen LogP contribution in [0.3, 0.4) is 0 Å². The molecule has 0 aromatic carbocycles. The molecule has 0 bridgehead atoms. The lowest BCUT2D eigenvalue weighted by Gasteiger charge is -2.28. The van der Waals surface area contributed by atoms with Crippen molar-refractivity contribution in [2.75, 3.05) is 20.2 Å². The van der Waals surface area contributed by atoms with Crippen LogP contribution >= 0.6 is 0 Å². The van der Waals surface area contributed by atoms with Crippen molar-refractivity contribution in [3.8, 4) is 0 Å². The highest BCUT2D eigenvalue weighted by Gasteiger charge is 2.26. The first-order chi connectivity index (χ1) is 8.81. The van der Waals surface area contributed by atoms with Crippen LogP contribution in [0.1, 0.15) is 33.6 Å². The molecule has 1 amide bonds. The molecule has 110 valence electrons. The second-order valence-electron chi connectivity index (χ2n) is 5.81. The Morgan fingerprint density at radius 2 is 2.00 bits per heavy atom. The second-order valence-corrected chi connectivity index (χ2v) is 5.81. The molecular weight excluding hydrogens is 248 g/mol. The molecule has 1 heterocycles. The minimum Gasteiger partial charge on any atom is -0.468 e. The Balaban J connectivity index is 2.23. The number of rotatable bonds is 3. The summed E-state index contributed by atoms with van der Waals surface area (Å²) in [5.41, 5.74) is -0.481. The molecule has 2 atom stereocenters. The van der Waals surface area contributed by atoms with E-state index in [1.54, 1.807) is 0 Å². The largest absolute Gasteiger partial charge is 0.468 e. The van der Waals surface area contributed by atoms with Gasteiger partial charge in [0.25, 0.3) is 0 Å². The van der Waals surface area contributed by atoms with E-state index in [-0.39, 0.29) is 12.0 Å². The number of hydrogen-bond acceptors (Lipinski definition) is 5. The highest BCUT2D eigenvalue weighted by Crippen LogP contribution is 2.15. The van der Waals surface area contributed by atoms with Crippen molar-refractivity contribution in [3.63, 3.8) is 0 Å². The van der Waals surface area contributed by atoms with Gasteiger partial charge < -0.3 is 20.1 Å². The molecule has 0 spiro atoms. The number of ether oxygens (including phenoxy) is 2. The lowest BCUT2D eigenvalue weighted by atomic mass is 9.95. The zero-order valence-corrected chi connectivity index (χ0v) is 12.1. The summed E-state index contributed by atoms with van der Waals surface area (Å²) >= 11 is 0. The number of amides is 1. The number of carbonyl (C=O) groups excluding carboxylic acids is 2. The lowest BCUT2D eigenvalue weighted by Crippen LogP contribution is -2.47. The molecule has 1 aliphatic heterocycles. The number of carbonyl (C=O) groups is 2. The molecule has 0 aromatic rings. The van der Waals surface area contributed by atoms with Gasteiger partial charge in [-0.2, -0.15) is 0 Å². The molecule has 19 heavy (non-hydrogen) atoms. The maximum Gasteiger partial charge on any atom is 0.407 e. The topological polar surface area (TPSA) is 76.7 Å². The van der Waals surface area contributed by atoms with Crippen molar-refractivity contribution in [2.24, 2.45) is 5.92 Å². The van der Waals surface area contributed by atoms with Gasteiger partial charge in [-0.1, -0.05) is 0 Å². The third kappa shape index (κ3) is 5.92. The predicted molar refractivity (Wildman–Crippen MR) is 70.8 cm³/mol. The first-order valence-electron chi connectivity index (χ1n) is 6.60. The van der Waals surface area contributed by atoms with E-state index in [9.17, 15) is 9.59 Å². The summed E-state index contributed by atoms with van der Waals surface area (Å²) in [5, 5.41) is 5.87. The fourth-order valence-electron chi connectivity index (χ4n) is 1.97. The first kappa shape index (κ1) is 15.8. The number of esters is 1. The van der Waals surface area contributed by atoms with E-state index in [0.717, 1.165) is 12.8 Å². The number of nitrogens with one attached hydrogen (secondary N) is 2. The summed E-state index contributed by atoms with van der Waals surface area (Å²) in [6, 6.07) is -0.220. The monoisotopic (exact) mass is 272 g/mol. The molecule has 6 nitrogen and oxygen atoms in total. The van der Waals surface area contributed by atoms with Gasteiger partial charge in [0.2, 0.25) is 0 Å². The van der Waals surface area contributed by atoms with Crippen LogP contribution in [-0.2, 0) is 14.3 Å². The molecule has 0 aromatic heterocycles. The van der Waals surface area contributed by atoms with Crippen LogP contribution in [-0.4, -0.2) is 43.9 Å². The normalized spacial score (nSPS) is 23.6. The van der Waals surface area contributed by atoms with Crippen molar-refractivity contribution >= 4 is 12.1 Å². The van der Waals surface area contributed by atoms with E-state index in [1.807, 2.05) is 20.8 Å². The predicted octanol–water partition coefficient (Wildman–Crippen LogP) is 1.05. The Hall–Kier alpha value is -1.30. The molecule has 1 aliphatic rings. The van der Waals surface area contributed by atoms with Crippen molar-refractivity contribution in [1.29, 1.82) is 0 Å².